The lowest BCUT2D eigenvalue weighted by molar-refractivity contribution is -1.02. The number of benzene rings is 2. The molecule has 0 atom stereocenters. The second-order valence-electron chi connectivity index (χ2n) is 6.90. The molecule has 3 N–H and O–H groups in total. The number of nitrogens with one attached hydrogen (secondary N) is 3. The zero-order chi connectivity index (χ0) is 17.6. The standard InChI is InChI=1S/C20H24ClN3O/c1-16-4-2-5-17(12-16)14-23-8-10-24(11-9-23)15-20(25)22-19-7-3-6-18(21)13-19/h2-7,12-13H,8-11,14-15H2,1H3,(H,22,25)/p+2. The van der Waals surface area contributed by atoms with Crippen LogP contribution in [0.15, 0.2) is 48.5 Å². The summed E-state index contributed by atoms with van der Waals surface area (Å²) in [4.78, 5) is 15.2. The fraction of sp³-hybridized carbons (Fsp3) is 0.350. The Morgan fingerprint density at radius 3 is 2.48 bits per heavy atom. The normalized spacial score (nSPS) is 20.2. The molecule has 132 valence electrons. The molecule has 0 saturated carbocycles. The van der Waals surface area contributed by atoms with Gasteiger partial charge in [0.1, 0.15) is 32.7 Å². The van der Waals surface area contributed by atoms with Gasteiger partial charge in [0.15, 0.2) is 6.54 Å². The summed E-state index contributed by atoms with van der Waals surface area (Å²) in [5.74, 6) is 0.0550. The van der Waals surface area contributed by atoms with E-state index in [2.05, 4.69) is 36.5 Å². The Morgan fingerprint density at radius 1 is 1.04 bits per heavy atom. The van der Waals surface area contributed by atoms with Crippen LogP contribution in [0.3, 0.4) is 0 Å². The lowest BCUT2D eigenvalue weighted by atomic mass is 10.1. The van der Waals surface area contributed by atoms with E-state index in [9.17, 15) is 4.79 Å². The second-order valence-corrected chi connectivity index (χ2v) is 7.34. The number of carbonyl (C=O) groups excluding carboxylic acids is 1. The maximum atomic E-state index is 12.2. The van der Waals surface area contributed by atoms with Crippen LogP contribution in [0.25, 0.3) is 0 Å². The summed E-state index contributed by atoms with van der Waals surface area (Å²) in [5.41, 5.74) is 3.48. The van der Waals surface area contributed by atoms with E-state index in [1.54, 1.807) is 17.0 Å². The molecule has 5 heteroatoms. The van der Waals surface area contributed by atoms with Crippen LogP contribution in [0, 0.1) is 6.92 Å². The molecule has 0 unspecified atom stereocenters. The number of aryl methyl sites for hydroxylation is 1. The van der Waals surface area contributed by atoms with E-state index in [1.807, 2.05) is 12.1 Å². The van der Waals surface area contributed by atoms with Crippen molar-refractivity contribution in [2.75, 3.05) is 38.0 Å². The maximum Gasteiger partial charge on any atom is 0.279 e. The molecular weight excluding hydrogens is 334 g/mol. The van der Waals surface area contributed by atoms with Crippen molar-refractivity contribution in [1.82, 2.24) is 0 Å². The van der Waals surface area contributed by atoms with Crippen LogP contribution < -0.4 is 15.1 Å². The Bertz CT molecular complexity index is 726. The summed E-state index contributed by atoms with van der Waals surface area (Å²) >= 11 is 5.95. The first kappa shape index (κ1) is 17.9. The molecule has 1 saturated heterocycles. The van der Waals surface area contributed by atoms with Gasteiger partial charge < -0.3 is 15.1 Å². The number of hydrogen-bond donors (Lipinski definition) is 3. The molecule has 2 aromatic carbocycles. The van der Waals surface area contributed by atoms with Crippen molar-refractivity contribution in [2.45, 2.75) is 13.5 Å². The van der Waals surface area contributed by atoms with Crippen LogP contribution in [0.5, 0.6) is 0 Å². The first-order chi connectivity index (χ1) is 12.1. The molecule has 4 nitrogen and oxygen atoms in total. The minimum absolute atomic E-state index is 0.0550. The van der Waals surface area contributed by atoms with E-state index < -0.39 is 0 Å². The molecule has 0 bridgehead atoms. The van der Waals surface area contributed by atoms with Gasteiger partial charge in [-0.25, -0.2) is 0 Å². The number of halogens is 1. The summed E-state index contributed by atoms with van der Waals surface area (Å²) in [6, 6.07) is 16.0. The molecule has 1 fully saturated rings. The van der Waals surface area contributed by atoms with E-state index in [-0.39, 0.29) is 5.91 Å². The topological polar surface area (TPSA) is 38.0 Å². The molecule has 25 heavy (non-hydrogen) atoms. The summed E-state index contributed by atoms with van der Waals surface area (Å²) in [5, 5.41) is 3.57. The number of piperazine rings is 1. The van der Waals surface area contributed by atoms with Crippen LogP contribution in [0.4, 0.5) is 5.69 Å². The van der Waals surface area contributed by atoms with E-state index in [0.29, 0.717) is 11.6 Å². The Morgan fingerprint density at radius 2 is 1.76 bits per heavy atom. The van der Waals surface area contributed by atoms with Crippen molar-refractivity contribution in [3.05, 3.63) is 64.7 Å². The van der Waals surface area contributed by atoms with Gasteiger partial charge in [0.25, 0.3) is 5.91 Å². The van der Waals surface area contributed by atoms with Crippen LogP contribution in [-0.4, -0.2) is 38.6 Å². The number of carbonyl (C=O) groups is 1. The van der Waals surface area contributed by atoms with Crippen LogP contribution in [-0.2, 0) is 11.3 Å². The molecule has 0 spiro atoms. The lowest BCUT2D eigenvalue weighted by Gasteiger charge is -2.29. The summed E-state index contributed by atoms with van der Waals surface area (Å²) in [6.45, 7) is 8.00. The van der Waals surface area contributed by atoms with Crippen molar-refractivity contribution in [1.29, 1.82) is 0 Å². The van der Waals surface area contributed by atoms with Crippen molar-refractivity contribution in [3.8, 4) is 0 Å². The molecule has 2 aromatic rings. The van der Waals surface area contributed by atoms with E-state index in [4.69, 9.17) is 11.6 Å². The minimum Gasteiger partial charge on any atom is -0.322 e. The highest BCUT2D eigenvalue weighted by Gasteiger charge is 2.24. The third-order valence-electron chi connectivity index (χ3n) is 4.72. The largest absolute Gasteiger partial charge is 0.322 e. The Labute approximate surface area is 154 Å². The predicted molar refractivity (Wildman–Crippen MR) is 101 cm³/mol. The summed E-state index contributed by atoms with van der Waals surface area (Å²) < 4.78 is 0. The van der Waals surface area contributed by atoms with Crippen molar-refractivity contribution < 1.29 is 14.6 Å². The van der Waals surface area contributed by atoms with Gasteiger partial charge in [-0.2, -0.15) is 0 Å². The van der Waals surface area contributed by atoms with E-state index >= 15 is 0 Å². The van der Waals surface area contributed by atoms with E-state index in [0.717, 1.165) is 38.4 Å². The molecule has 0 aliphatic carbocycles. The molecular formula is C20H26ClN3O+2. The van der Waals surface area contributed by atoms with Crippen LogP contribution >= 0.6 is 11.6 Å². The van der Waals surface area contributed by atoms with Gasteiger partial charge in [0.2, 0.25) is 0 Å². The quantitative estimate of drug-likeness (QED) is 0.717. The number of hydrogen-bond acceptors (Lipinski definition) is 1. The first-order valence-electron chi connectivity index (χ1n) is 8.86. The highest BCUT2D eigenvalue weighted by molar-refractivity contribution is 6.30. The monoisotopic (exact) mass is 359 g/mol. The number of rotatable bonds is 5. The Balaban J connectivity index is 1.43. The fourth-order valence-corrected chi connectivity index (χ4v) is 3.61. The van der Waals surface area contributed by atoms with Gasteiger partial charge in [0.05, 0.1) is 0 Å². The van der Waals surface area contributed by atoms with Gasteiger partial charge in [-0.1, -0.05) is 47.5 Å². The van der Waals surface area contributed by atoms with Crippen LogP contribution in [0.2, 0.25) is 5.02 Å². The van der Waals surface area contributed by atoms with Gasteiger partial charge >= 0.3 is 0 Å². The molecule has 1 heterocycles. The SMILES string of the molecule is Cc1cccc(C[NH+]2CC[NH+](CC(=O)Nc3cccc(Cl)c3)CC2)c1. The number of quaternary nitrogens is 2. The Kier molecular flexibility index (Phi) is 6.08. The molecule has 0 aromatic heterocycles. The minimum atomic E-state index is 0.0550. The first-order valence-corrected chi connectivity index (χ1v) is 9.24. The third kappa shape index (κ3) is 5.56. The lowest BCUT2D eigenvalue weighted by Crippen LogP contribution is -3.28. The molecule has 1 amide bonds. The van der Waals surface area contributed by atoms with Gasteiger partial charge in [0, 0.05) is 16.3 Å². The van der Waals surface area contributed by atoms with Gasteiger partial charge in [-0.15, -0.1) is 0 Å². The summed E-state index contributed by atoms with van der Waals surface area (Å²) in [6.07, 6.45) is 0. The average Bonchev–Trinajstić information content (AvgIpc) is 2.57. The van der Waals surface area contributed by atoms with Crippen molar-refractivity contribution >= 4 is 23.2 Å². The van der Waals surface area contributed by atoms with E-state index in [1.165, 1.54) is 16.0 Å². The second kappa shape index (κ2) is 8.48. The fourth-order valence-electron chi connectivity index (χ4n) is 3.42. The van der Waals surface area contributed by atoms with Gasteiger partial charge in [-0.05, 0) is 25.1 Å². The molecule has 3 rings (SSSR count). The maximum absolute atomic E-state index is 12.2. The highest BCUT2D eigenvalue weighted by Crippen LogP contribution is 2.14. The van der Waals surface area contributed by atoms with Crippen molar-refractivity contribution in [3.63, 3.8) is 0 Å². The van der Waals surface area contributed by atoms with Crippen LogP contribution in [0.1, 0.15) is 11.1 Å². The Hall–Kier alpha value is -1.88. The molecule has 0 radical (unpaired) electrons. The number of anilines is 1. The summed E-state index contributed by atoms with van der Waals surface area (Å²) in [7, 11) is 0. The zero-order valence-electron chi connectivity index (χ0n) is 14.6. The number of amides is 1. The zero-order valence-corrected chi connectivity index (χ0v) is 15.4. The predicted octanol–water partition coefficient (Wildman–Crippen LogP) is 0.571. The molecule has 1 aliphatic rings. The smallest absolute Gasteiger partial charge is 0.279 e. The third-order valence-corrected chi connectivity index (χ3v) is 4.95. The van der Waals surface area contributed by atoms with Crippen molar-refractivity contribution in [2.24, 2.45) is 0 Å². The highest BCUT2D eigenvalue weighted by atomic mass is 35.5. The molecule has 1 aliphatic heterocycles. The van der Waals surface area contributed by atoms with Gasteiger partial charge in [-0.3, -0.25) is 4.79 Å². The average molecular weight is 360 g/mol.